The molecule has 0 N–H and O–H groups in total. The van der Waals surface area contributed by atoms with Crippen molar-refractivity contribution in [2.45, 2.75) is 19.5 Å². The highest BCUT2D eigenvalue weighted by molar-refractivity contribution is 6.31. The first-order valence-corrected chi connectivity index (χ1v) is 6.81. The van der Waals surface area contributed by atoms with Crippen molar-refractivity contribution >= 4 is 17.5 Å². The van der Waals surface area contributed by atoms with Crippen LogP contribution in [0.15, 0.2) is 41.5 Å². The zero-order valence-electron chi connectivity index (χ0n) is 11.0. The van der Waals surface area contributed by atoms with Crippen molar-refractivity contribution in [1.29, 1.82) is 0 Å². The predicted octanol–water partition coefficient (Wildman–Crippen LogP) is 3.49. The van der Waals surface area contributed by atoms with Gasteiger partial charge in [-0.05, 0) is 36.8 Å². The fourth-order valence-electron chi connectivity index (χ4n) is 2.19. The van der Waals surface area contributed by atoms with Gasteiger partial charge >= 0.3 is 0 Å². The van der Waals surface area contributed by atoms with Crippen molar-refractivity contribution in [3.8, 4) is 0 Å². The van der Waals surface area contributed by atoms with Crippen molar-refractivity contribution < 1.29 is 9.13 Å². The van der Waals surface area contributed by atoms with Gasteiger partial charge in [0.25, 0.3) is 0 Å². The Labute approximate surface area is 121 Å². The Bertz CT molecular complexity index is 666. The molecule has 2 heterocycles. The normalized spacial score (nSPS) is 17.9. The summed E-state index contributed by atoms with van der Waals surface area (Å²) in [6, 6.07) is 8.50. The average Bonchev–Trinajstić information content (AvgIpc) is 3.01. The third-order valence-electron chi connectivity index (χ3n) is 3.20. The van der Waals surface area contributed by atoms with E-state index in [1.165, 1.54) is 12.1 Å². The summed E-state index contributed by atoms with van der Waals surface area (Å²) in [6.45, 7) is 3.17. The van der Waals surface area contributed by atoms with Crippen LogP contribution >= 0.6 is 11.6 Å². The molecule has 20 heavy (non-hydrogen) atoms. The first-order valence-electron chi connectivity index (χ1n) is 6.43. The van der Waals surface area contributed by atoms with Crippen molar-refractivity contribution in [1.82, 2.24) is 4.57 Å². The van der Waals surface area contributed by atoms with Crippen molar-refractivity contribution in [3.05, 3.63) is 58.6 Å². The molecule has 1 aliphatic heterocycles. The van der Waals surface area contributed by atoms with Gasteiger partial charge in [0, 0.05) is 17.8 Å². The minimum atomic E-state index is -0.330. The highest BCUT2D eigenvalue weighted by Gasteiger charge is 2.19. The lowest BCUT2D eigenvalue weighted by Crippen LogP contribution is -2.10. The number of rotatable bonds is 3. The second kappa shape index (κ2) is 5.29. The van der Waals surface area contributed by atoms with E-state index < -0.39 is 0 Å². The van der Waals surface area contributed by atoms with Gasteiger partial charge in [-0.2, -0.15) is 0 Å². The Morgan fingerprint density at radius 1 is 1.45 bits per heavy atom. The summed E-state index contributed by atoms with van der Waals surface area (Å²) in [5.74, 6) is 0.324. The number of benzene rings is 1. The van der Waals surface area contributed by atoms with Crippen LogP contribution in [0, 0.1) is 5.82 Å². The quantitative estimate of drug-likeness (QED) is 0.850. The van der Waals surface area contributed by atoms with Crippen LogP contribution in [-0.4, -0.2) is 23.1 Å². The average molecular weight is 293 g/mol. The zero-order chi connectivity index (χ0) is 14.1. The first-order chi connectivity index (χ1) is 9.63. The van der Waals surface area contributed by atoms with Gasteiger partial charge in [-0.15, -0.1) is 0 Å². The van der Waals surface area contributed by atoms with E-state index in [9.17, 15) is 4.39 Å². The lowest BCUT2D eigenvalue weighted by molar-refractivity contribution is 0.322. The van der Waals surface area contributed by atoms with Crippen LogP contribution in [0.25, 0.3) is 0 Å². The fourth-order valence-corrected chi connectivity index (χ4v) is 2.42. The van der Waals surface area contributed by atoms with Crippen LogP contribution < -0.4 is 0 Å². The lowest BCUT2D eigenvalue weighted by atomic mass is 10.2. The molecule has 3 nitrogen and oxygen atoms in total. The molecule has 0 spiro atoms. The summed E-state index contributed by atoms with van der Waals surface area (Å²) >= 11 is 6.07. The molecular formula is C15H14ClFN2O. The van der Waals surface area contributed by atoms with Gasteiger partial charge in [0.05, 0.1) is 6.04 Å². The van der Waals surface area contributed by atoms with E-state index in [1.807, 2.05) is 29.8 Å². The summed E-state index contributed by atoms with van der Waals surface area (Å²) < 4.78 is 20.6. The Morgan fingerprint density at radius 3 is 3.00 bits per heavy atom. The molecule has 104 valence electrons. The fraction of sp³-hybridized carbons (Fsp3) is 0.267. The van der Waals surface area contributed by atoms with Crippen LogP contribution in [0.4, 0.5) is 4.39 Å². The van der Waals surface area contributed by atoms with Gasteiger partial charge < -0.3 is 9.30 Å². The summed E-state index contributed by atoms with van der Waals surface area (Å²) in [6.07, 6.45) is 1.93. The molecule has 1 aromatic heterocycles. The number of halogens is 2. The molecule has 0 fully saturated rings. The van der Waals surface area contributed by atoms with E-state index in [4.69, 9.17) is 16.3 Å². The van der Waals surface area contributed by atoms with Crippen LogP contribution in [-0.2, 0) is 11.3 Å². The molecule has 5 heteroatoms. The molecule has 0 bridgehead atoms. The molecule has 0 aliphatic carbocycles. The highest BCUT2D eigenvalue weighted by atomic mass is 35.5. The molecule has 1 aromatic carbocycles. The number of hydrogen-bond acceptors (Lipinski definition) is 2. The Balaban J connectivity index is 1.89. The van der Waals surface area contributed by atoms with E-state index in [0.29, 0.717) is 24.1 Å². The zero-order valence-corrected chi connectivity index (χ0v) is 11.8. The summed E-state index contributed by atoms with van der Waals surface area (Å²) in [5.41, 5.74) is 1.77. The molecule has 0 amide bonds. The van der Waals surface area contributed by atoms with Gasteiger partial charge in [-0.25, -0.2) is 9.38 Å². The van der Waals surface area contributed by atoms with Crippen LogP contribution in [0.3, 0.4) is 0 Å². The van der Waals surface area contributed by atoms with Crippen molar-refractivity contribution in [3.63, 3.8) is 0 Å². The monoisotopic (exact) mass is 292 g/mol. The molecule has 1 aliphatic rings. The van der Waals surface area contributed by atoms with Gasteiger partial charge in [-0.1, -0.05) is 17.7 Å². The van der Waals surface area contributed by atoms with E-state index in [0.717, 1.165) is 11.3 Å². The van der Waals surface area contributed by atoms with Crippen LogP contribution in [0.1, 0.15) is 18.2 Å². The van der Waals surface area contributed by atoms with Crippen LogP contribution in [0.5, 0.6) is 0 Å². The second-order valence-corrected chi connectivity index (χ2v) is 5.26. The third kappa shape index (κ3) is 2.56. The summed E-state index contributed by atoms with van der Waals surface area (Å²) in [5, 5.41) is 0.423. The second-order valence-electron chi connectivity index (χ2n) is 4.85. The van der Waals surface area contributed by atoms with E-state index in [-0.39, 0.29) is 11.9 Å². The van der Waals surface area contributed by atoms with Gasteiger partial charge in [0.1, 0.15) is 18.1 Å². The number of hydrogen-bond donors (Lipinski definition) is 0. The molecule has 0 saturated carbocycles. The SMILES string of the molecule is CC1COC(c2cccn2Cc2ccc(F)cc2Cl)=N1. The standard InChI is InChI=1S/C15H14ClFN2O/c1-10-9-20-15(18-10)14-3-2-6-19(14)8-11-4-5-12(17)7-13(11)16/h2-7,10H,8-9H2,1H3. The van der Waals surface area contributed by atoms with Gasteiger partial charge in [0.2, 0.25) is 5.90 Å². The lowest BCUT2D eigenvalue weighted by Gasteiger charge is -2.10. The maximum atomic E-state index is 13.1. The number of aliphatic imine (C=N–C) groups is 1. The predicted molar refractivity (Wildman–Crippen MR) is 76.9 cm³/mol. The summed E-state index contributed by atoms with van der Waals surface area (Å²) in [7, 11) is 0. The molecule has 2 aromatic rings. The van der Waals surface area contributed by atoms with Crippen molar-refractivity contribution in [2.75, 3.05) is 6.61 Å². The molecule has 0 saturated heterocycles. The van der Waals surface area contributed by atoms with Gasteiger partial charge in [-0.3, -0.25) is 0 Å². The first kappa shape index (κ1) is 13.2. The topological polar surface area (TPSA) is 26.5 Å². The van der Waals surface area contributed by atoms with E-state index in [2.05, 4.69) is 4.99 Å². The third-order valence-corrected chi connectivity index (χ3v) is 3.56. The maximum absolute atomic E-state index is 13.1. The molecule has 1 atom stereocenters. The van der Waals surface area contributed by atoms with Gasteiger partial charge in [0.15, 0.2) is 0 Å². The highest BCUT2D eigenvalue weighted by Crippen LogP contribution is 2.20. The molecule has 0 radical (unpaired) electrons. The molecule has 1 unspecified atom stereocenters. The minimum Gasteiger partial charge on any atom is -0.474 e. The largest absolute Gasteiger partial charge is 0.474 e. The number of ether oxygens (including phenoxy) is 1. The Kier molecular flexibility index (Phi) is 3.49. The number of nitrogens with zero attached hydrogens (tertiary/aromatic N) is 2. The smallest absolute Gasteiger partial charge is 0.233 e. The minimum absolute atomic E-state index is 0.183. The summed E-state index contributed by atoms with van der Waals surface area (Å²) in [4.78, 5) is 4.45. The van der Waals surface area contributed by atoms with E-state index in [1.54, 1.807) is 6.07 Å². The van der Waals surface area contributed by atoms with E-state index >= 15 is 0 Å². The van der Waals surface area contributed by atoms with Crippen molar-refractivity contribution in [2.24, 2.45) is 4.99 Å². The molecular weight excluding hydrogens is 279 g/mol. The maximum Gasteiger partial charge on any atom is 0.233 e. The number of aromatic nitrogens is 1. The Morgan fingerprint density at radius 2 is 2.30 bits per heavy atom. The Hall–Kier alpha value is -1.81. The molecule has 3 rings (SSSR count). The van der Waals surface area contributed by atoms with Crippen LogP contribution in [0.2, 0.25) is 5.02 Å².